The molecule has 1 amide bonds. The molecule has 2 aromatic carbocycles. The van der Waals surface area contributed by atoms with Crippen molar-refractivity contribution in [2.75, 3.05) is 13.1 Å². The van der Waals surface area contributed by atoms with E-state index in [1.165, 1.54) is 4.90 Å². The zero-order chi connectivity index (χ0) is 18.6. The number of amides is 1. The standard InChI is InChI=1S/C21H18F3NO/c22-21(23,24)19-7-4-14-25(15-19)20(26)18-12-10-17(11-13-18)9-8-16-5-2-1-3-6-16/h1-3,5-6,10-13,19H,4,7,14-15H2/t19-/m1/s1. The Bertz CT molecular complexity index is 816. The van der Waals surface area contributed by atoms with Crippen LogP contribution in [0, 0.1) is 17.8 Å². The van der Waals surface area contributed by atoms with Gasteiger partial charge in [0.05, 0.1) is 5.92 Å². The minimum absolute atomic E-state index is 0.0846. The highest BCUT2D eigenvalue weighted by Crippen LogP contribution is 2.33. The Morgan fingerprint density at radius 3 is 2.19 bits per heavy atom. The first kappa shape index (κ1) is 18.1. The lowest BCUT2D eigenvalue weighted by molar-refractivity contribution is -0.184. The van der Waals surface area contributed by atoms with Gasteiger partial charge >= 0.3 is 6.18 Å². The van der Waals surface area contributed by atoms with Crippen LogP contribution in [0.3, 0.4) is 0 Å². The summed E-state index contributed by atoms with van der Waals surface area (Å²) in [4.78, 5) is 13.8. The van der Waals surface area contributed by atoms with Crippen LogP contribution in [0.15, 0.2) is 54.6 Å². The maximum absolute atomic E-state index is 12.9. The van der Waals surface area contributed by atoms with E-state index in [1.807, 2.05) is 30.3 Å². The lowest BCUT2D eigenvalue weighted by Crippen LogP contribution is -2.44. The molecule has 1 heterocycles. The summed E-state index contributed by atoms with van der Waals surface area (Å²) in [5.41, 5.74) is 2.02. The average Bonchev–Trinajstić information content (AvgIpc) is 2.66. The molecule has 134 valence electrons. The molecule has 5 heteroatoms. The first-order valence-electron chi connectivity index (χ1n) is 8.46. The van der Waals surface area contributed by atoms with Gasteiger partial charge in [0.25, 0.3) is 5.91 Å². The van der Waals surface area contributed by atoms with Gasteiger partial charge in [-0.25, -0.2) is 0 Å². The van der Waals surface area contributed by atoms with Gasteiger partial charge in [-0.3, -0.25) is 4.79 Å². The molecule has 0 bridgehead atoms. The maximum atomic E-state index is 12.9. The van der Waals surface area contributed by atoms with Gasteiger partial charge in [0.15, 0.2) is 0 Å². The first-order valence-corrected chi connectivity index (χ1v) is 8.46. The fourth-order valence-electron chi connectivity index (χ4n) is 2.97. The van der Waals surface area contributed by atoms with Gasteiger partial charge < -0.3 is 4.90 Å². The monoisotopic (exact) mass is 357 g/mol. The summed E-state index contributed by atoms with van der Waals surface area (Å²) in [5.74, 6) is 4.24. The number of piperidine rings is 1. The lowest BCUT2D eigenvalue weighted by atomic mass is 9.97. The van der Waals surface area contributed by atoms with Crippen LogP contribution in [0.1, 0.15) is 34.3 Å². The highest BCUT2D eigenvalue weighted by atomic mass is 19.4. The molecule has 1 fully saturated rings. The van der Waals surface area contributed by atoms with Crippen LogP contribution >= 0.6 is 0 Å². The highest BCUT2D eigenvalue weighted by Gasteiger charge is 2.42. The summed E-state index contributed by atoms with van der Waals surface area (Å²) in [7, 11) is 0. The third-order valence-electron chi connectivity index (χ3n) is 4.43. The fraction of sp³-hybridized carbons (Fsp3) is 0.286. The second-order valence-electron chi connectivity index (χ2n) is 6.33. The number of alkyl halides is 3. The maximum Gasteiger partial charge on any atom is 0.393 e. The average molecular weight is 357 g/mol. The third-order valence-corrected chi connectivity index (χ3v) is 4.43. The summed E-state index contributed by atoms with van der Waals surface area (Å²) < 4.78 is 38.7. The largest absolute Gasteiger partial charge is 0.393 e. The summed E-state index contributed by atoms with van der Waals surface area (Å²) in [6, 6.07) is 16.2. The molecule has 0 aromatic heterocycles. The SMILES string of the molecule is O=C(c1ccc(C#Cc2ccccc2)cc1)N1CCC[C@@H](C(F)(F)F)C1. The van der Waals surface area contributed by atoms with E-state index in [2.05, 4.69) is 11.8 Å². The molecule has 1 saturated heterocycles. The second kappa shape index (κ2) is 7.65. The molecular weight excluding hydrogens is 339 g/mol. The van der Waals surface area contributed by atoms with Gasteiger partial charge in [0, 0.05) is 29.8 Å². The Labute approximate surface area is 150 Å². The zero-order valence-corrected chi connectivity index (χ0v) is 14.1. The van der Waals surface area contributed by atoms with Crippen molar-refractivity contribution < 1.29 is 18.0 Å². The Kier molecular flexibility index (Phi) is 5.32. The molecule has 1 aliphatic heterocycles. The molecule has 0 spiro atoms. The minimum Gasteiger partial charge on any atom is -0.338 e. The molecule has 0 N–H and O–H groups in total. The molecule has 0 saturated carbocycles. The van der Waals surface area contributed by atoms with Crippen molar-refractivity contribution in [1.29, 1.82) is 0 Å². The van der Waals surface area contributed by atoms with E-state index in [0.717, 1.165) is 11.1 Å². The zero-order valence-electron chi connectivity index (χ0n) is 14.1. The number of likely N-dealkylation sites (tertiary alicyclic amines) is 1. The van der Waals surface area contributed by atoms with Crippen molar-refractivity contribution in [3.05, 3.63) is 71.3 Å². The Morgan fingerprint density at radius 1 is 0.962 bits per heavy atom. The highest BCUT2D eigenvalue weighted by molar-refractivity contribution is 5.94. The van der Waals surface area contributed by atoms with E-state index in [-0.39, 0.29) is 18.9 Å². The molecule has 2 nitrogen and oxygen atoms in total. The van der Waals surface area contributed by atoms with Gasteiger partial charge in [0.2, 0.25) is 0 Å². The normalized spacial score (nSPS) is 17.3. The number of hydrogen-bond acceptors (Lipinski definition) is 1. The van der Waals surface area contributed by atoms with Gasteiger partial charge in [-0.05, 0) is 49.2 Å². The van der Waals surface area contributed by atoms with Gasteiger partial charge in [-0.1, -0.05) is 30.0 Å². The van der Waals surface area contributed by atoms with Crippen LogP contribution in [0.2, 0.25) is 0 Å². The molecule has 1 aliphatic rings. The van der Waals surface area contributed by atoms with Crippen LogP contribution < -0.4 is 0 Å². The topological polar surface area (TPSA) is 20.3 Å². The molecule has 3 rings (SSSR count). The first-order chi connectivity index (χ1) is 12.4. The Balaban J connectivity index is 1.68. The van der Waals surface area contributed by atoms with Crippen molar-refractivity contribution in [1.82, 2.24) is 4.90 Å². The number of carbonyl (C=O) groups excluding carboxylic acids is 1. The summed E-state index contributed by atoms with van der Waals surface area (Å²) >= 11 is 0. The predicted octanol–water partition coefficient (Wildman–Crippen LogP) is 4.50. The molecule has 26 heavy (non-hydrogen) atoms. The summed E-state index contributed by atoms with van der Waals surface area (Å²) in [6.07, 6.45) is -3.80. The van der Waals surface area contributed by atoms with Crippen molar-refractivity contribution in [2.24, 2.45) is 5.92 Å². The van der Waals surface area contributed by atoms with Gasteiger partial charge in [-0.15, -0.1) is 0 Å². The Hall–Kier alpha value is -2.74. The summed E-state index contributed by atoms with van der Waals surface area (Å²) in [5, 5.41) is 0. The van der Waals surface area contributed by atoms with Crippen molar-refractivity contribution in [2.45, 2.75) is 19.0 Å². The quantitative estimate of drug-likeness (QED) is 0.688. The van der Waals surface area contributed by atoms with Gasteiger partial charge in [0.1, 0.15) is 0 Å². The molecule has 2 aromatic rings. The van der Waals surface area contributed by atoms with Crippen LogP contribution in [0.25, 0.3) is 0 Å². The number of rotatable bonds is 1. The predicted molar refractivity (Wildman–Crippen MR) is 93.5 cm³/mol. The van der Waals surface area contributed by atoms with Crippen molar-refractivity contribution >= 4 is 5.91 Å². The van der Waals surface area contributed by atoms with Crippen molar-refractivity contribution in [3.63, 3.8) is 0 Å². The van der Waals surface area contributed by atoms with Crippen LogP contribution in [0.4, 0.5) is 13.2 Å². The summed E-state index contributed by atoms with van der Waals surface area (Å²) in [6.45, 7) is 0.0961. The molecule has 0 aliphatic carbocycles. The number of hydrogen-bond donors (Lipinski definition) is 0. The second-order valence-corrected chi connectivity index (χ2v) is 6.33. The van der Waals surface area contributed by atoms with E-state index < -0.39 is 12.1 Å². The van der Waals surface area contributed by atoms with E-state index in [0.29, 0.717) is 18.5 Å². The molecule has 1 atom stereocenters. The number of carbonyl (C=O) groups is 1. The third kappa shape index (κ3) is 4.45. The van der Waals surface area contributed by atoms with Gasteiger partial charge in [-0.2, -0.15) is 13.2 Å². The van der Waals surface area contributed by atoms with Crippen LogP contribution in [-0.2, 0) is 0 Å². The molecular formula is C21H18F3NO. The number of nitrogens with zero attached hydrogens (tertiary/aromatic N) is 1. The lowest BCUT2D eigenvalue weighted by Gasteiger charge is -2.33. The van der Waals surface area contributed by atoms with Crippen molar-refractivity contribution in [3.8, 4) is 11.8 Å². The van der Waals surface area contributed by atoms with Crippen LogP contribution in [-0.4, -0.2) is 30.1 Å². The fourth-order valence-corrected chi connectivity index (χ4v) is 2.97. The van der Waals surface area contributed by atoms with E-state index in [9.17, 15) is 18.0 Å². The van der Waals surface area contributed by atoms with E-state index in [4.69, 9.17) is 0 Å². The van der Waals surface area contributed by atoms with E-state index >= 15 is 0 Å². The molecule has 0 unspecified atom stereocenters. The minimum atomic E-state index is -4.25. The number of halogens is 3. The number of benzene rings is 2. The Morgan fingerprint density at radius 2 is 1.58 bits per heavy atom. The smallest absolute Gasteiger partial charge is 0.338 e. The molecule has 0 radical (unpaired) electrons. The van der Waals surface area contributed by atoms with Crippen LogP contribution in [0.5, 0.6) is 0 Å². The van der Waals surface area contributed by atoms with E-state index in [1.54, 1.807) is 24.3 Å².